The van der Waals surface area contributed by atoms with Gasteiger partial charge in [0.2, 0.25) is 0 Å². The Morgan fingerprint density at radius 3 is 2.69 bits per heavy atom. The lowest BCUT2D eigenvalue weighted by Gasteiger charge is -2.07. The summed E-state index contributed by atoms with van der Waals surface area (Å²) in [4.78, 5) is 0. The Bertz CT molecular complexity index is 326. The van der Waals surface area contributed by atoms with Crippen molar-refractivity contribution in [3.05, 3.63) is 34.1 Å². The van der Waals surface area contributed by atoms with Gasteiger partial charge in [0, 0.05) is 6.04 Å². The van der Waals surface area contributed by atoms with E-state index in [-0.39, 0.29) is 5.82 Å². The third-order valence-corrected chi connectivity index (χ3v) is 3.04. The van der Waals surface area contributed by atoms with Gasteiger partial charge in [-0.2, -0.15) is 0 Å². The molecular formula is C13H19BrFN. The fourth-order valence-electron chi connectivity index (χ4n) is 1.54. The molecule has 0 unspecified atom stereocenters. The Balaban J connectivity index is 2.24. The molecule has 0 amide bonds. The van der Waals surface area contributed by atoms with Gasteiger partial charge in [0.15, 0.2) is 0 Å². The molecule has 0 bridgehead atoms. The van der Waals surface area contributed by atoms with Gasteiger partial charge in [0.05, 0.1) is 4.47 Å². The van der Waals surface area contributed by atoms with E-state index in [9.17, 15) is 4.39 Å². The lowest BCUT2D eigenvalue weighted by Crippen LogP contribution is -2.23. The fraction of sp³-hybridized carbons (Fsp3) is 0.538. The van der Waals surface area contributed by atoms with Gasteiger partial charge in [-0.15, -0.1) is 0 Å². The molecule has 0 aromatic heterocycles. The SMILES string of the molecule is CC(C)NCCCCc1ccc(F)c(Br)c1. The summed E-state index contributed by atoms with van der Waals surface area (Å²) in [6.07, 6.45) is 3.31. The molecule has 0 saturated carbocycles. The quantitative estimate of drug-likeness (QED) is 0.783. The number of rotatable bonds is 6. The molecule has 0 fully saturated rings. The van der Waals surface area contributed by atoms with Crippen molar-refractivity contribution in [3.63, 3.8) is 0 Å². The van der Waals surface area contributed by atoms with Crippen molar-refractivity contribution < 1.29 is 4.39 Å². The largest absolute Gasteiger partial charge is 0.315 e. The summed E-state index contributed by atoms with van der Waals surface area (Å²) in [6.45, 7) is 5.36. The van der Waals surface area contributed by atoms with Crippen LogP contribution in [0.25, 0.3) is 0 Å². The zero-order chi connectivity index (χ0) is 12.0. The molecule has 1 nitrogen and oxygen atoms in total. The topological polar surface area (TPSA) is 12.0 Å². The molecule has 1 N–H and O–H groups in total. The summed E-state index contributed by atoms with van der Waals surface area (Å²) in [6, 6.07) is 5.80. The Morgan fingerprint density at radius 2 is 2.06 bits per heavy atom. The Labute approximate surface area is 106 Å². The number of benzene rings is 1. The number of nitrogens with one attached hydrogen (secondary N) is 1. The van der Waals surface area contributed by atoms with Gasteiger partial charge in [0.25, 0.3) is 0 Å². The summed E-state index contributed by atoms with van der Waals surface area (Å²) < 4.78 is 13.5. The second kappa shape index (κ2) is 7.02. The van der Waals surface area contributed by atoms with E-state index >= 15 is 0 Å². The molecule has 0 spiro atoms. The highest BCUT2D eigenvalue weighted by atomic mass is 79.9. The molecule has 0 radical (unpaired) electrons. The van der Waals surface area contributed by atoms with E-state index in [2.05, 4.69) is 35.1 Å². The van der Waals surface area contributed by atoms with Gasteiger partial charge < -0.3 is 5.32 Å². The maximum absolute atomic E-state index is 13.0. The molecule has 0 heterocycles. The van der Waals surface area contributed by atoms with Crippen LogP contribution in [0.1, 0.15) is 32.3 Å². The minimum absolute atomic E-state index is 0.190. The van der Waals surface area contributed by atoms with E-state index in [4.69, 9.17) is 0 Å². The predicted octanol–water partition coefficient (Wildman–Crippen LogP) is 3.91. The Morgan fingerprint density at radius 1 is 1.31 bits per heavy atom. The fourth-order valence-corrected chi connectivity index (χ4v) is 1.97. The van der Waals surface area contributed by atoms with Gasteiger partial charge >= 0.3 is 0 Å². The highest BCUT2D eigenvalue weighted by Gasteiger charge is 2.00. The van der Waals surface area contributed by atoms with E-state index in [0.29, 0.717) is 10.5 Å². The molecule has 0 aliphatic carbocycles. The van der Waals surface area contributed by atoms with E-state index in [1.165, 1.54) is 11.6 Å². The second-order valence-electron chi connectivity index (χ2n) is 4.31. The molecule has 1 aromatic carbocycles. The van der Waals surface area contributed by atoms with Crippen LogP contribution in [-0.4, -0.2) is 12.6 Å². The molecule has 16 heavy (non-hydrogen) atoms. The van der Waals surface area contributed by atoms with Crippen LogP contribution in [0.3, 0.4) is 0 Å². The Hall–Kier alpha value is -0.410. The van der Waals surface area contributed by atoms with Gasteiger partial charge in [0.1, 0.15) is 5.82 Å². The van der Waals surface area contributed by atoms with E-state index in [0.717, 1.165) is 25.8 Å². The van der Waals surface area contributed by atoms with E-state index in [1.807, 2.05) is 12.1 Å². The summed E-state index contributed by atoms with van der Waals surface area (Å²) in [7, 11) is 0. The maximum Gasteiger partial charge on any atom is 0.137 e. The normalized spacial score (nSPS) is 11.1. The van der Waals surface area contributed by atoms with E-state index in [1.54, 1.807) is 0 Å². The third-order valence-electron chi connectivity index (χ3n) is 2.43. The Kier molecular flexibility index (Phi) is 5.99. The third kappa shape index (κ3) is 5.08. The highest BCUT2D eigenvalue weighted by Crippen LogP contribution is 2.17. The molecule has 1 rings (SSSR count). The summed E-state index contributed by atoms with van der Waals surface area (Å²) in [5, 5.41) is 3.38. The predicted molar refractivity (Wildman–Crippen MR) is 70.2 cm³/mol. The maximum atomic E-state index is 13.0. The van der Waals surface area contributed by atoms with Crippen LogP contribution in [0, 0.1) is 5.82 Å². The van der Waals surface area contributed by atoms with Crippen LogP contribution in [-0.2, 0) is 6.42 Å². The molecule has 1 aromatic rings. The zero-order valence-corrected chi connectivity index (χ0v) is 11.5. The lowest BCUT2D eigenvalue weighted by atomic mass is 10.1. The van der Waals surface area contributed by atoms with Crippen molar-refractivity contribution in [1.29, 1.82) is 0 Å². The number of hydrogen-bond acceptors (Lipinski definition) is 1. The van der Waals surface area contributed by atoms with Crippen LogP contribution in [0.5, 0.6) is 0 Å². The van der Waals surface area contributed by atoms with Crippen LogP contribution in [0.2, 0.25) is 0 Å². The average molecular weight is 288 g/mol. The molecule has 0 saturated heterocycles. The van der Waals surface area contributed by atoms with Gasteiger partial charge in [-0.3, -0.25) is 0 Å². The number of aryl methyl sites for hydroxylation is 1. The van der Waals surface area contributed by atoms with Crippen LogP contribution >= 0.6 is 15.9 Å². The van der Waals surface area contributed by atoms with Crippen molar-refractivity contribution in [2.24, 2.45) is 0 Å². The molecule has 0 aliphatic heterocycles. The highest BCUT2D eigenvalue weighted by molar-refractivity contribution is 9.10. The van der Waals surface area contributed by atoms with Crippen LogP contribution in [0.4, 0.5) is 4.39 Å². The molecule has 0 atom stereocenters. The molecular weight excluding hydrogens is 269 g/mol. The van der Waals surface area contributed by atoms with E-state index < -0.39 is 0 Å². The van der Waals surface area contributed by atoms with Crippen LogP contribution < -0.4 is 5.32 Å². The van der Waals surface area contributed by atoms with Crippen molar-refractivity contribution >= 4 is 15.9 Å². The first-order valence-electron chi connectivity index (χ1n) is 5.77. The zero-order valence-electron chi connectivity index (χ0n) is 9.89. The summed E-state index contributed by atoms with van der Waals surface area (Å²) in [5.41, 5.74) is 1.19. The van der Waals surface area contributed by atoms with Gasteiger partial charge in [-0.1, -0.05) is 19.9 Å². The first-order chi connectivity index (χ1) is 7.59. The smallest absolute Gasteiger partial charge is 0.137 e. The molecule has 3 heteroatoms. The van der Waals surface area contributed by atoms with Crippen molar-refractivity contribution in [2.45, 2.75) is 39.2 Å². The van der Waals surface area contributed by atoms with Gasteiger partial charge in [-0.25, -0.2) is 4.39 Å². The number of hydrogen-bond donors (Lipinski definition) is 1. The number of unbranched alkanes of at least 4 members (excludes halogenated alkanes) is 1. The van der Waals surface area contributed by atoms with Crippen molar-refractivity contribution in [1.82, 2.24) is 5.32 Å². The molecule has 0 aliphatic rings. The lowest BCUT2D eigenvalue weighted by molar-refractivity contribution is 0.557. The number of halogens is 2. The van der Waals surface area contributed by atoms with Crippen LogP contribution in [0.15, 0.2) is 22.7 Å². The standard InChI is InChI=1S/C13H19BrFN/c1-10(2)16-8-4-3-5-11-6-7-13(15)12(14)9-11/h6-7,9-10,16H,3-5,8H2,1-2H3. The average Bonchev–Trinajstić information content (AvgIpc) is 2.22. The monoisotopic (exact) mass is 287 g/mol. The summed E-state index contributed by atoms with van der Waals surface area (Å²) >= 11 is 3.20. The minimum atomic E-state index is -0.190. The van der Waals surface area contributed by atoms with Gasteiger partial charge in [-0.05, 0) is 59.4 Å². The molecule has 90 valence electrons. The first-order valence-corrected chi connectivity index (χ1v) is 6.56. The van der Waals surface area contributed by atoms with Crippen molar-refractivity contribution in [3.8, 4) is 0 Å². The first kappa shape index (κ1) is 13.7. The summed E-state index contributed by atoms with van der Waals surface area (Å²) in [5.74, 6) is -0.190. The minimum Gasteiger partial charge on any atom is -0.315 e. The van der Waals surface area contributed by atoms with Crippen molar-refractivity contribution in [2.75, 3.05) is 6.54 Å². The second-order valence-corrected chi connectivity index (χ2v) is 5.17.